The van der Waals surface area contributed by atoms with Crippen LogP contribution in [-0.2, 0) is 0 Å². The summed E-state index contributed by atoms with van der Waals surface area (Å²) in [6.07, 6.45) is 1.24. The molecule has 0 N–H and O–H groups in total. The fourth-order valence-electron chi connectivity index (χ4n) is 1.39. The Morgan fingerprint density at radius 2 is 2.00 bits per heavy atom. The largest absolute Gasteiger partial charge is 0.0616 e. The number of allylic oxidation sites excluding steroid dienone is 1. The molecule has 68 valence electrons. The van der Waals surface area contributed by atoms with Gasteiger partial charge in [-0.1, -0.05) is 62.6 Å². The average Bonchev–Trinajstić information content (AvgIpc) is 2.82. The van der Waals surface area contributed by atoms with Gasteiger partial charge in [-0.05, 0) is 18.4 Å². The molecule has 1 unspecified atom stereocenters. The van der Waals surface area contributed by atoms with Gasteiger partial charge < -0.3 is 0 Å². The van der Waals surface area contributed by atoms with E-state index >= 15 is 0 Å². The van der Waals surface area contributed by atoms with Crippen LogP contribution in [0.25, 0.3) is 4.48 Å². The molecule has 0 bridgehead atoms. The second-order valence-electron chi connectivity index (χ2n) is 3.42. The molecule has 0 saturated heterocycles. The lowest BCUT2D eigenvalue weighted by atomic mass is 10.2. The first-order valence-electron chi connectivity index (χ1n) is 4.33. The minimum Gasteiger partial charge on any atom is -0.0616 e. The van der Waals surface area contributed by atoms with Crippen molar-refractivity contribution in [3.63, 3.8) is 0 Å². The molecule has 1 aromatic rings. The molecular weight excluding hydrogens is 292 g/mol. The van der Waals surface area contributed by atoms with E-state index in [2.05, 4.69) is 57.0 Å². The first kappa shape index (κ1) is 9.47. The van der Waals surface area contributed by atoms with Gasteiger partial charge in [0, 0.05) is 14.5 Å². The lowest BCUT2D eigenvalue weighted by Crippen LogP contribution is -1.78. The van der Waals surface area contributed by atoms with Crippen LogP contribution < -0.4 is 0 Å². The molecule has 2 rings (SSSR count). The summed E-state index contributed by atoms with van der Waals surface area (Å²) >= 11 is 7.20. The highest BCUT2D eigenvalue weighted by Gasteiger charge is 2.28. The van der Waals surface area contributed by atoms with E-state index in [1.807, 2.05) is 6.07 Å². The van der Waals surface area contributed by atoms with Crippen molar-refractivity contribution in [3.05, 3.63) is 39.9 Å². The van der Waals surface area contributed by atoms with Crippen LogP contribution in [0.3, 0.4) is 0 Å². The van der Waals surface area contributed by atoms with Crippen LogP contribution in [-0.4, -0.2) is 0 Å². The van der Waals surface area contributed by atoms with Gasteiger partial charge in [-0.25, -0.2) is 0 Å². The second-order valence-corrected chi connectivity index (χ2v) is 5.07. The summed E-state index contributed by atoms with van der Waals surface area (Å²) in [5.74, 6) is 0.765. The van der Waals surface area contributed by atoms with Crippen molar-refractivity contribution in [3.8, 4) is 0 Å². The molecule has 1 aromatic carbocycles. The normalized spacial score (nSPS) is 24.4. The molecular formula is C11H10Br2. The summed E-state index contributed by atoms with van der Waals surface area (Å²) in [4.78, 5) is 0. The monoisotopic (exact) mass is 300 g/mol. The van der Waals surface area contributed by atoms with Crippen LogP contribution in [0.15, 0.2) is 34.3 Å². The highest BCUT2D eigenvalue weighted by atomic mass is 79.9. The number of hydrogen-bond acceptors (Lipinski definition) is 0. The molecule has 1 fully saturated rings. The smallest absolute Gasteiger partial charge is 0.0259 e. The van der Waals surface area contributed by atoms with Crippen molar-refractivity contribution in [2.75, 3.05) is 0 Å². The highest BCUT2D eigenvalue weighted by Crippen LogP contribution is 2.46. The number of benzene rings is 1. The first-order valence-corrected chi connectivity index (χ1v) is 5.92. The molecule has 1 aliphatic rings. The van der Waals surface area contributed by atoms with E-state index in [1.54, 1.807) is 0 Å². The van der Waals surface area contributed by atoms with Crippen molar-refractivity contribution in [1.29, 1.82) is 0 Å². The van der Waals surface area contributed by atoms with Crippen LogP contribution in [0.2, 0.25) is 0 Å². The van der Waals surface area contributed by atoms with Crippen LogP contribution in [0, 0.1) is 5.92 Å². The van der Waals surface area contributed by atoms with Crippen LogP contribution >= 0.6 is 31.9 Å². The lowest BCUT2D eigenvalue weighted by molar-refractivity contribution is 1.02. The molecule has 0 aliphatic heterocycles. The molecule has 0 heterocycles. The molecule has 13 heavy (non-hydrogen) atoms. The third-order valence-corrected chi connectivity index (χ3v) is 3.98. The maximum atomic E-state index is 3.65. The van der Waals surface area contributed by atoms with E-state index in [4.69, 9.17) is 0 Å². The average molecular weight is 302 g/mol. The maximum absolute atomic E-state index is 3.65. The van der Waals surface area contributed by atoms with E-state index in [1.165, 1.54) is 22.0 Å². The van der Waals surface area contributed by atoms with Gasteiger partial charge in [0.2, 0.25) is 0 Å². The summed E-state index contributed by atoms with van der Waals surface area (Å²) in [6.45, 7) is 2.26. The Bertz CT molecular complexity index is 366. The van der Waals surface area contributed by atoms with Gasteiger partial charge >= 0.3 is 0 Å². The zero-order chi connectivity index (χ0) is 9.42. The van der Waals surface area contributed by atoms with Crippen molar-refractivity contribution < 1.29 is 0 Å². The minimum atomic E-state index is 0.765. The van der Waals surface area contributed by atoms with Gasteiger partial charge in [-0.3, -0.25) is 0 Å². The Hall–Kier alpha value is -0.0800. The zero-order valence-electron chi connectivity index (χ0n) is 7.35. The van der Waals surface area contributed by atoms with Crippen molar-refractivity contribution >= 4 is 36.3 Å². The van der Waals surface area contributed by atoms with E-state index in [0.29, 0.717) is 0 Å². The molecule has 0 radical (unpaired) electrons. The second kappa shape index (κ2) is 3.58. The van der Waals surface area contributed by atoms with Gasteiger partial charge in [0.05, 0.1) is 0 Å². The predicted molar refractivity (Wildman–Crippen MR) is 63.8 cm³/mol. The van der Waals surface area contributed by atoms with Gasteiger partial charge in [0.25, 0.3) is 0 Å². The molecule has 1 saturated carbocycles. The lowest BCUT2D eigenvalue weighted by Gasteiger charge is -2.01. The fraction of sp³-hybridized carbons (Fsp3) is 0.273. The van der Waals surface area contributed by atoms with E-state index < -0.39 is 0 Å². The zero-order valence-corrected chi connectivity index (χ0v) is 10.5. The summed E-state index contributed by atoms with van der Waals surface area (Å²) in [5.41, 5.74) is 2.80. The number of rotatable bonds is 1. The molecule has 0 amide bonds. The van der Waals surface area contributed by atoms with Crippen LogP contribution in [0.5, 0.6) is 0 Å². The SMILES string of the molecule is CC1CC1=C(Br)c1ccccc1Br. The molecule has 0 spiro atoms. The summed E-state index contributed by atoms with van der Waals surface area (Å²) < 4.78 is 2.43. The summed E-state index contributed by atoms with van der Waals surface area (Å²) in [6, 6.07) is 8.31. The molecule has 2 heteroatoms. The predicted octanol–water partition coefficient (Wildman–Crippen LogP) is 4.59. The highest BCUT2D eigenvalue weighted by molar-refractivity contribution is 9.15. The Labute approximate surface area is 95.3 Å². The summed E-state index contributed by atoms with van der Waals surface area (Å²) in [7, 11) is 0. The number of hydrogen-bond donors (Lipinski definition) is 0. The van der Waals surface area contributed by atoms with Crippen molar-refractivity contribution in [2.24, 2.45) is 5.92 Å². The van der Waals surface area contributed by atoms with Crippen LogP contribution in [0.4, 0.5) is 0 Å². The van der Waals surface area contributed by atoms with Gasteiger partial charge in [0.1, 0.15) is 0 Å². The fourth-order valence-corrected chi connectivity index (χ4v) is 3.04. The van der Waals surface area contributed by atoms with E-state index in [0.717, 1.165) is 10.4 Å². The van der Waals surface area contributed by atoms with Crippen molar-refractivity contribution in [1.82, 2.24) is 0 Å². The Morgan fingerprint density at radius 1 is 1.38 bits per heavy atom. The Morgan fingerprint density at radius 3 is 2.54 bits per heavy atom. The third-order valence-electron chi connectivity index (χ3n) is 2.35. The molecule has 0 aromatic heterocycles. The topological polar surface area (TPSA) is 0 Å². The summed E-state index contributed by atoms with van der Waals surface area (Å²) in [5, 5.41) is 0. The Kier molecular flexibility index (Phi) is 2.61. The van der Waals surface area contributed by atoms with E-state index in [9.17, 15) is 0 Å². The van der Waals surface area contributed by atoms with Crippen LogP contribution in [0.1, 0.15) is 18.9 Å². The number of halogens is 2. The molecule has 1 aliphatic carbocycles. The molecule has 0 nitrogen and oxygen atoms in total. The van der Waals surface area contributed by atoms with Gasteiger partial charge in [-0.2, -0.15) is 0 Å². The first-order chi connectivity index (χ1) is 6.20. The van der Waals surface area contributed by atoms with Gasteiger partial charge in [-0.15, -0.1) is 0 Å². The molecule has 1 atom stereocenters. The van der Waals surface area contributed by atoms with E-state index in [-0.39, 0.29) is 0 Å². The van der Waals surface area contributed by atoms with Gasteiger partial charge in [0.15, 0.2) is 0 Å². The Balaban J connectivity index is 2.42. The maximum Gasteiger partial charge on any atom is 0.0259 e. The minimum absolute atomic E-state index is 0.765. The van der Waals surface area contributed by atoms with Crippen molar-refractivity contribution in [2.45, 2.75) is 13.3 Å². The standard InChI is InChI=1S/C11H10Br2/c1-7-6-9(7)11(13)8-4-2-3-5-10(8)12/h2-5,7H,6H2,1H3. The third kappa shape index (κ3) is 1.89. The quantitative estimate of drug-likeness (QED) is 0.711.